The Balaban J connectivity index is 1.94. The fourth-order valence-electron chi connectivity index (χ4n) is 1.50. The van der Waals surface area contributed by atoms with Crippen LogP contribution in [-0.2, 0) is 4.79 Å². The van der Waals surface area contributed by atoms with E-state index in [0.717, 1.165) is 4.47 Å². The van der Waals surface area contributed by atoms with Crippen molar-refractivity contribution in [3.63, 3.8) is 0 Å². The van der Waals surface area contributed by atoms with Crippen LogP contribution in [-0.4, -0.2) is 12.5 Å². The van der Waals surface area contributed by atoms with E-state index in [1.165, 1.54) is 0 Å². The van der Waals surface area contributed by atoms with Crippen LogP contribution in [0, 0.1) is 0 Å². The van der Waals surface area contributed by atoms with Gasteiger partial charge in [0.1, 0.15) is 10.8 Å². The van der Waals surface area contributed by atoms with Crippen LogP contribution in [0.2, 0.25) is 10.0 Å². The Bertz CT molecular complexity index is 634. The van der Waals surface area contributed by atoms with Crippen molar-refractivity contribution in [2.45, 2.75) is 0 Å². The molecule has 0 spiro atoms. The lowest BCUT2D eigenvalue weighted by Crippen LogP contribution is -2.20. The molecule has 0 saturated heterocycles. The molecule has 3 nitrogen and oxygen atoms in total. The Hall–Kier alpha value is -1.23. The third-order valence-corrected chi connectivity index (χ3v) is 3.68. The topological polar surface area (TPSA) is 38.3 Å². The number of amides is 1. The minimum atomic E-state index is -0.279. The number of hydrogen-bond donors (Lipinski definition) is 1. The summed E-state index contributed by atoms with van der Waals surface area (Å²) in [6.45, 7) is -0.146. The number of anilines is 1. The standard InChI is InChI=1S/C14H10BrCl2NO2/c15-9-3-1-4-10(7-9)18-13(19)8-20-12-6-2-5-11(16)14(12)17/h1-7H,8H2,(H,18,19). The third kappa shape index (κ3) is 4.13. The van der Waals surface area contributed by atoms with Gasteiger partial charge in [0.05, 0.1) is 5.02 Å². The van der Waals surface area contributed by atoms with Crippen LogP contribution in [0.5, 0.6) is 5.75 Å². The molecule has 0 aliphatic carbocycles. The van der Waals surface area contributed by atoms with Gasteiger partial charge in [-0.25, -0.2) is 0 Å². The lowest BCUT2D eigenvalue weighted by atomic mass is 10.3. The van der Waals surface area contributed by atoms with E-state index in [0.29, 0.717) is 21.5 Å². The summed E-state index contributed by atoms with van der Waals surface area (Å²) in [5.41, 5.74) is 0.685. The molecule has 0 aliphatic heterocycles. The first-order valence-corrected chi connectivity index (χ1v) is 7.23. The van der Waals surface area contributed by atoms with Gasteiger partial charge in [0.15, 0.2) is 6.61 Å². The summed E-state index contributed by atoms with van der Waals surface area (Å²) in [5.74, 6) is 0.0997. The van der Waals surface area contributed by atoms with Crippen LogP contribution in [0.15, 0.2) is 46.9 Å². The summed E-state index contributed by atoms with van der Waals surface area (Å²) in [5, 5.41) is 3.40. The normalized spacial score (nSPS) is 10.2. The predicted octanol–water partition coefficient (Wildman–Crippen LogP) is 4.77. The molecule has 20 heavy (non-hydrogen) atoms. The van der Waals surface area contributed by atoms with Crippen LogP contribution >= 0.6 is 39.1 Å². The van der Waals surface area contributed by atoms with Crippen molar-refractivity contribution in [3.8, 4) is 5.75 Å². The first-order chi connectivity index (χ1) is 9.56. The van der Waals surface area contributed by atoms with Gasteiger partial charge in [-0.05, 0) is 30.3 Å². The molecule has 2 rings (SSSR count). The van der Waals surface area contributed by atoms with Crippen LogP contribution in [0.1, 0.15) is 0 Å². The van der Waals surface area contributed by atoms with Gasteiger partial charge in [-0.2, -0.15) is 0 Å². The zero-order chi connectivity index (χ0) is 14.5. The lowest BCUT2D eigenvalue weighted by Gasteiger charge is -2.09. The Labute approximate surface area is 135 Å². The number of rotatable bonds is 4. The Morgan fingerprint density at radius 3 is 2.70 bits per heavy atom. The van der Waals surface area contributed by atoms with Gasteiger partial charge < -0.3 is 10.1 Å². The second-order valence-electron chi connectivity index (χ2n) is 3.90. The van der Waals surface area contributed by atoms with Crippen molar-refractivity contribution in [1.29, 1.82) is 0 Å². The molecule has 0 radical (unpaired) electrons. The average molecular weight is 375 g/mol. The van der Waals surface area contributed by atoms with Crippen LogP contribution in [0.25, 0.3) is 0 Å². The molecule has 1 amide bonds. The second kappa shape index (κ2) is 6.97. The first kappa shape index (κ1) is 15.2. The molecule has 104 valence electrons. The quantitative estimate of drug-likeness (QED) is 0.836. The van der Waals surface area contributed by atoms with Crippen molar-refractivity contribution < 1.29 is 9.53 Å². The van der Waals surface area contributed by atoms with Gasteiger partial charge in [0.25, 0.3) is 5.91 Å². The highest BCUT2D eigenvalue weighted by Gasteiger charge is 2.08. The van der Waals surface area contributed by atoms with Gasteiger partial charge in [-0.3, -0.25) is 4.79 Å². The molecular formula is C14H10BrCl2NO2. The number of nitrogens with one attached hydrogen (secondary N) is 1. The number of halogens is 3. The number of hydrogen-bond acceptors (Lipinski definition) is 2. The Morgan fingerprint density at radius 2 is 1.95 bits per heavy atom. The maximum Gasteiger partial charge on any atom is 0.262 e. The summed E-state index contributed by atoms with van der Waals surface area (Å²) in [4.78, 5) is 11.8. The minimum absolute atomic E-state index is 0.146. The maximum absolute atomic E-state index is 11.8. The predicted molar refractivity (Wildman–Crippen MR) is 84.7 cm³/mol. The van der Waals surface area contributed by atoms with E-state index >= 15 is 0 Å². The fraction of sp³-hybridized carbons (Fsp3) is 0.0714. The van der Waals surface area contributed by atoms with Crippen LogP contribution in [0.4, 0.5) is 5.69 Å². The number of carbonyl (C=O) groups is 1. The molecule has 0 unspecified atom stereocenters. The SMILES string of the molecule is O=C(COc1cccc(Cl)c1Cl)Nc1cccc(Br)c1. The van der Waals surface area contributed by atoms with E-state index in [1.807, 2.05) is 12.1 Å². The van der Waals surface area contributed by atoms with Crippen molar-refractivity contribution in [2.24, 2.45) is 0 Å². The van der Waals surface area contributed by atoms with Gasteiger partial charge in [-0.15, -0.1) is 0 Å². The minimum Gasteiger partial charge on any atom is -0.482 e. The van der Waals surface area contributed by atoms with E-state index in [-0.39, 0.29) is 12.5 Å². The fourth-order valence-corrected chi connectivity index (χ4v) is 2.25. The van der Waals surface area contributed by atoms with E-state index in [1.54, 1.807) is 30.3 Å². The monoisotopic (exact) mass is 373 g/mol. The summed E-state index contributed by atoms with van der Waals surface area (Å²) < 4.78 is 6.23. The lowest BCUT2D eigenvalue weighted by molar-refractivity contribution is -0.118. The van der Waals surface area contributed by atoms with Gasteiger partial charge in [0, 0.05) is 10.2 Å². The van der Waals surface area contributed by atoms with Gasteiger partial charge >= 0.3 is 0 Å². The molecule has 1 N–H and O–H groups in total. The molecule has 2 aromatic rings. The summed E-state index contributed by atoms with van der Waals surface area (Å²) >= 11 is 15.2. The number of carbonyl (C=O) groups excluding carboxylic acids is 1. The highest BCUT2D eigenvalue weighted by molar-refractivity contribution is 9.10. The molecule has 6 heteroatoms. The molecule has 0 bridgehead atoms. The van der Waals surface area contributed by atoms with Crippen LogP contribution < -0.4 is 10.1 Å². The van der Waals surface area contributed by atoms with Crippen molar-refractivity contribution in [3.05, 3.63) is 57.0 Å². The molecule has 0 aromatic heterocycles. The Kier molecular flexibility index (Phi) is 5.29. The summed E-state index contributed by atoms with van der Waals surface area (Å²) in [7, 11) is 0. The molecule has 0 atom stereocenters. The highest BCUT2D eigenvalue weighted by atomic mass is 79.9. The van der Waals surface area contributed by atoms with Crippen LogP contribution in [0.3, 0.4) is 0 Å². The zero-order valence-corrected chi connectivity index (χ0v) is 13.3. The largest absolute Gasteiger partial charge is 0.482 e. The van der Waals surface area contributed by atoms with E-state index in [2.05, 4.69) is 21.2 Å². The number of ether oxygens (including phenoxy) is 1. The Morgan fingerprint density at radius 1 is 1.20 bits per heavy atom. The van der Waals surface area contributed by atoms with Crippen molar-refractivity contribution in [2.75, 3.05) is 11.9 Å². The molecule has 0 heterocycles. The smallest absolute Gasteiger partial charge is 0.262 e. The van der Waals surface area contributed by atoms with Crippen molar-refractivity contribution >= 4 is 50.7 Å². The van der Waals surface area contributed by atoms with Gasteiger partial charge in [-0.1, -0.05) is 51.3 Å². The number of benzene rings is 2. The zero-order valence-electron chi connectivity index (χ0n) is 10.2. The van der Waals surface area contributed by atoms with Gasteiger partial charge in [0.2, 0.25) is 0 Å². The van der Waals surface area contributed by atoms with Crippen molar-refractivity contribution in [1.82, 2.24) is 0 Å². The third-order valence-electron chi connectivity index (χ3n) is 2.38. The summed E-state index contributed by atoms with van der Waals surface area (Å²) in [6, 6.07) is 12.3. The molecule has 0 fully saturated rings. The molecule has 2 aromatic carbocycles. The molecule has 0 aliphatic rings. The first-order valence-electron chi connectivity index (χ1n) is 5.68. The molecular weight excluding hydrogens is 365 g/mol. The van der Waals surface area contributed by atoms with E-state index in [9.17, 15) is 4.79 Å². The van der Waals surface area contributed by atoms with E-state index in [4.69, 9.17) is 27.9 Å². The average Bonchev–Trinajstić information content (AvgIpc) is 2.40. The maximum atomic E-state index is 11.8. The summed E-state index contributed by atoms with van der Waals surface area (Å²) in [6.07, 6.45) is 0. The highest BCUT2D eigenvalue weighted by Crippen LogP contribution is 2.31. The second-order valence-corrected chi connectivity index (χ2v) is 5.60. The molecule has 0 saturated carbocycles. The van der Waals surface area contributed by atoms with E-state index < -0.39 is 0 Å².